The van der Waals surface area contributed by atoms with Crippen molar-refractivity contribution in [3.05, 3.63) is 70.9 Å². The molecule has 1 amide bonds. The molecule has 11 atom stereocenters. The van der Waals surface area contributed by atoms with E-state index in [4.69, 9.17) is 30.5 Å². The minimum absolute atomic E-state index is 0.0790. The van der Waals surface area contributed by atoms with E-state index in [-0.39, 0.29) is 12.0 Å². The average molecular weight is 888 g/mol. The Morgan fingerprint density at radius 2 is 1.73 bits per heavy atom. The molecule has 2 saturated heterocycles. The number of esters is 1. The van der Waals surface area contributed by atoms with Crippen molar-refractivity contribution in [3.63, 3.8) is 0 Å². The van der Waals surface area contributed by atoms with Crippen molar-refractivity contribution in [1.29, 1.82) is 0 Å². The van der Waals surface area contributed by atoms with Crippen LogP contribution in [0.1, 0.15) is 74.8 Å². The fourth-order valence-corrected chi connectivity index (χ4v) is 13.3. The first kappa shape index (κ1) is 45.5. The standard InChI is InChI=1S/C43H55N5O7.C4H6O5/c1-6-39(52)21-25-22-42(38(51)55-5,33-27(13-17-47(23-25)24-39)26-11-8-9-12-30(26)45-33)29-19-28-31(20-32(29)54-4)46(3)35-41(28)15-18-48-16-10-14-40(7-2,34(41)48)36(49)43(35,53)37(44)50;5-2(4(8)9)1-3(6)7/h8-12,14,19-20,25,34-36,45,49,52-53H,6-7,13,15-18,21-24H2,1-5H3,(H2,44,50);2,5H,1H2,(H,6,7)(H,8,9)/t25-,34+,35-,36-,39+,40-,41-,42+,43+;/m1./s1. The van der Waals surface area contributed by atoms with Crippen LogP contribution in [0.15, 0.2) is 48.6 Å². The molecule has 1 saturated carbocycles. The summed E-state index contributed by atoms with van der Waals surface area (Å²) in [7, 11) is 4.89. The Labute approximate surface area is 371 Å². The van der Waals surface area contributed by atoms with Crippen LogP contribution in [0.3, 0.4) is 0 Å². The number of hydrogen-bond acceptors (Lipinski definition) is 13. The third-order valence-electron chi connectivity index (χ3n) is 15.9. The van der Waals surface area contributed by atoms with Gasteiger partial charge in [-0.2, -0.15) is 0 Å². The highest BCUT2D eigenvalue weighted by atomic mass is 16.5. The second-order valence-corrected chi connectivity index (χ2v) is 18.9. The molecule has 9 rings (SSSR count). The number of hydrogen-bond donors (Lipinski definition) is 8. The number of carboxylic acid groups (broad SMARTS) is 2. The number of H-pyrrole nitrogens is 1. The number of carboxylic acids is 2. The number of para-hydroxylation sites is 1. The van der Waals surface area contributed by atoms with E-state index in [1.807, 2.05) is 62.2 Å². The number of piperidine rings is 1. The summed E-state index contributed by atoms with van der Waals surface area (Å²) in [4.78, 5) is 58.7. The number of likely N-dealkylation sites (N-methyl/N-ethyl adjacent to an activating group) is 1. The van der Waals surface area contributed by atoms with Crippen LogP contribution in [0, 0.1) is 11.3 Å². The van der Waals surface area contributed by atoms with Gasteiger partial charge in [0.1, 0.15) is 17.3 Å². The molecule has 3 fully saturated rings. The van der Waals surface area contributed by atoms with Gasteiger partial charge in [-0.3, -0.25) is 24.2 Å². The lowest BCUT2D eigenvalue weighted by molar-refractivity contribution is -0.201. The first-order chi connectivity index (χ1) is 30.3. The van der Waals surface area contributed by atoms with E-state index in [0.29, 0.717) is 69.5 Å². The molecule has 1 aromatic heterocycles. The number of benzene rings is 2. The molecule has 64 heavy (non-hydrogen) atoms. The number of rotatable bonds is 9. The molecular weight excluding hydrogens is 827 g/mol. The molecule has 9 N–H and O–H groups in total. The zero-order chi connectivity index (χ0) is 46.3. The van der Waals surface area contributed by atoms with E-state index in [2.05, 4.69) is 26.9 Å². The van der Waals surface area contributed by atoms with Gasteiger partial charge in [0, 0.05) is 84.0 Å². The van der Waals surface area contributed by atoms with Gasteiger partial charge in [0.05, 0.1) is 32.3 Å². The minimum Gasteiger partial charge on any atom is -0.496 e. The van der Waals surface area contributed by atoms with Crippen LogP contribution >= 0.6 is 0 Å². The highest BCUT2D eigenvalue weighted by molar-refractivity contribution is 5.95. The molecular formula is C47H61N5O12. The van der Waals surface area contributed by atoms with Gasteiger partial charge >= 0.3 is 17.9 Å². The van der Waals surface area contributed by atoms with Crippen LogP contribution < -0.4 is 15.4 Å². The van der Waals surface area contributed by atoms with Crippen molar-refractivity contribution < 1.29 is 59.3 Å². The van der Waals surface area contributed by atoms with Crippen molar-refractivity contribution in [3.8, 4) is 5.75 Å². The third-order valence-corrected chi connectivity index (χ3v) is 15.9. The molecule has 6 heterocycles. The Bertz CT molecular complexity index is 2410. The Hall–Kier alpha value is -5.04. The summed E-state index contributed by atoms with van der Waals surface area (Å²) in [6, 6.07) is 11.0. The number of anilines is 1. The zero-order valence-corrected chi connectivity index (χ0v) is 37.0. The molecule has 1 aliphatic carbocycles. The van der Waals surface area contributed by atoms with Gasteiger partial charge in [0.2, 0.25) is 0 Å². The third kappa shape index (κ3) is 6.40. The van der Waals surface area contributed by atoms with Crippen LogP contribution in [-0.4, -0.2) is 159 Å². The molecule has 5 aliphatic heterocycles. The van der Waals surface area contributed by atoms with E-state index in [9.17, 15) is 29.7 Å². The normalized spacial score (nSPS) is 35.3. The summed E-state index contributed by atoms with van der Waals surface area (Å²) in [5, 5.41) is 62.1. The monoisotopic (exact) mass is 887 g/mol. The van der Waals surface area contributed by atoms with E-state index in [1.54, 1.807) is 7.11 Å². The largest absolute Gasteiger partial charge is 0.496 e. The quantitative estimate of drug-likeness (QED) is 0.112. The van der Waals surface area contributed by atoms with E-state index in [1.165, 1.54) is 7.11 Å². The van der Waals surface area contributed by atoms with Crippen molar-refractivity contribution >= 4 is 40.4 Å². The number of amides is 1. The molecule has 2 aromatic carbocycles. The molecule has 346 valence electrons. The summed E-state index contributed by atoms with van der Waals surface area (Å²) in [6.45, 7) is 7.39. The number of methoxy groups -OCH3 is 2. The van der Waals surface area contributed by atoms with Gasteiger partial charge in [-0.25, -0.2) is 4.79 Å². The van der Waals surface area contributed by atoms with Crippen molar-refractivity contribution in [2.24, 2.45) is 17.1 Å². The van der Waals surface area contributed by atoms with Gasteiger partial charge in [-0.05, 0) is 74.2 Å². The number of nitrogens with one attached hydrogen (secondary N) is 1. The van der Waals surface area contributed by atoms with Crippen molar-refractivity contribution in [2.75, 3.05) is 58.9 Å². The lowest BCUT2D eigenvalue weighted by Gasteiger charge is -2.63. The van der Waals surface area contributed by atoms with Crippen LogP contribution in [0.4, 0.5) is 5.69 Å². The maximum Gasteiger partial charge on any atom is 0.333 e. The van der Waals surface area contributed by atoms with Gasteiger partial charge in [-0.1, -0.05) is 44.2 Å². The van der Waals surface area contributed by atoms with E-state index in [0.717, 1.165) is 46.5 Å². The second kappa shape index (κ2) is 16.1. The fourth-order valence-electron chi connectivity index (χ4n) is 13.3. The second-order valence-electron chi connectivity index (χ2n) is 18.9. The zero-order valence-electron chi connectivity index (χ0n) is 37.0. The summed E-state index contributed by atoms with van der Waals surface area (Å²) in [5.74, 6) is -3.85. The maximum atomic E-state index is 15.2. The minimum atomic E-state index is -2.30. The first-order valence-corrected chi connectivity index (χ1v) is 22.2. The fraction of sp³-hybridized carbons (Fsp3) is 0.574. The van der Waals surface area contributed by atoms with Gasteiger partial charge in [0.25, 0.3) is 5.91 Å². The number of primary amides is 1. The molecule has 17 nitrogen and oxygen atoms in total. The van der Waals surface area contributed by atoms with Gasteiger partial charge in [-0.15, -0.1) is 0 Å². The number of aliphatic hydroxyl groups excluding tert-OH is 2. The summed E-state index contributed by atoms with van der Waals surface area (Å²) in [6.07, 6.45) is 3.24. The molecule has 3 aromatic rings. The van der Waals surface area contributed by atoms with E-state index < -0.39 is 75.9 Å². The van der Waals surface area contributed by atoms with Crippen molar-refractivity contribution in [2.45, 2.75) is 105 Å². The summed E-state index contributed by atoms with van der Waals surface area (Å²) >= 11 is 0. The number of carbonyl (C=O) groups excluding carboxylic acids is 2. The first-order valence-electron chi connectivity index (χ1n) is 22.2. The van der Waals surface area contributed by atoms with Gasteiger partial charge in [0.15, 0.2) is 11.7 Å². The Kier molecular flexibility index (Phi) is 11.5. The topological polar surface area (TPSA) is 260 Å². The van der Waals surface area contributed by atoms with Crippen LogP contribution in [0.25, 0.3) is 10.9 Å². The average Bonchev–Trinajstić information content (AvgIpc) is 3.93. The number of aliphatic hydroxyl groups is 4. The SMILES string of the molecule is CC[C@]1(O)C[C@H]2CN(CCc3c([nH]c4ccccc34)[C@@](C(=O)OC)(c3cc4c(cc3OC)N(C)[C@H]3[C@@](O)(C(N)=O)[C@H](O)[C@]5(CC)C=CCN6CC[C@]43[C@@H]65)C2)C1.O=C(O)CC(O)C(=O)O. The Balaban J connectivity index is 0.000000564. The number of nitrogens with zero attached hydrogens (tertiary/aromatic N) is 3. The lowest BCUT2D eigenvalue weighted by atomic mass is 9.47. The smallest absolute Gasteiger partial charge is 0.333 e. The Morgan fingerprint density at radius 1 is 1.00 bits per heavy atom. The van der Waals surface area contributed by atoms with Crippen LogP contribution in [-0.2, 0) is 41.2 Å². The number of aromatic nitrogens is 1. The summed E-state index contributed by atoms with van der Waals surface area (Å²) in [5.41, 5.74) is 4.72. The number of fused-ring (bicyclic) bond motifs is 6. The molecule has 6 aliphatic rings. The highest BCUT2D eigenvalue weighted by Gasteiger charge is 2.78. The predicted octanol–water partition coefficient (Wildman–Crippen LogP) is 1.64. The number of nitrogens with two attached hydrogens (primary N) is 1. The number of aromatic amines is 1. The maximum absolute atomic E-state index is 15.2. The highest BCUT2D eigenvalue weighted by Crippen LogP contribution is 2.67. The van der Waals surface area contributed by atoms with Crippen LogP contribution in [0.2, 0.25) is 0 Å². The number of carbonyl (C=O) groups is 4. The lowest BCUT2D eigenvalue weighted by Crippen LogP contribution is -2.81. The molecule has 0 radical (unpaired) electrons. The summed E-state index contributed by atoms with van der Waals surface area (Å²) < 4.78 is 12.2. The molecule has 1 spiro atoms. The molecule has 17 heteroatoms. The van der Waals surface area contributed by atoms with Crippen molar-refractivity contribution in [1.82, 2.24) is 14.8 Å². The number of aliphatic carboxylic acids is 2. The Morgan fingerprint density at radius 3 is 2.36 bits per heavy atom. The van der Waals surface area contributed by atoms with E-state index >= 15 is 4.79 Å². The number of ether oxygens (including phenoxy) is 2. The van der Waals surface area contributed by atoms with Gasteiger partial charge < -0.3 is 55.7 Å². The molecule has 2 unspecified atom stereocenters. The molecule has 2 bridgehead atoms. The predicted molar refractivity (Wildman–Crippen MR) is 234 cm³/mol. The van der Waals surface area contributed by atoms with Crippen LogP contribution in [0.5, 0.6) is 5.75 Å².